The number of benzene rings is 1. The molecule has 104 valence electrons. The van der Waals surface area contributed by atoms with Gasteiger partial charge in [0, 0.05) is 25.9 Å². The molecule has 0 amide bonds. The third-order valence-corrected chi connectivity index (χ3v) is 3.29. The van der Waals surface area contributed by atoms with Gasteiger partial charge in [0.15, 0.2) is 5.82 Å². The van der Waals surface area contributed by atoms with E-state index in [9.17, 15) is 0 Å². The lowest BCUT2D eigenvalue weighted by molar-refractivity contribution is 0.210. The first-order chi connectivity index (χ1) is 9.88. The van der Waals surface area contributed by atoms with Crippen LogP contribution in [0.15, 0.2) is 30.5 Å². The molecule has 6 heteroatoms. The van der Waals surface area contributed by atoms with E-state index in [-0.39, 0.29) is 0 Å². The topological polar surface area (TPSA) is 63.2 Å². The van der Waals surface area contributed by atoms with Gasteiger partial charge in [0.2, 0.25) is 0 Å². The van der Waals surface area contributed by atoms with Gasteiger partial charge in [-0.1, -0.05) is 18.2 Å². The molecule has 0 saturated heterocycles. The number of para-hydroxylation sites is 1. The summed E-state index contributed by atoms with van der Waals surface area (Å²) >= 11 is 0. The molecule has 6 nitrogen and oxygen atoms in total. The van der Waals surface area contributed by atoms with E-state index >= 15 is 0 Å². The highest BCUT2D eigenvalue weighted by Gasteiger charge is 2.22. The molecular formula is C14H17N5O. The summed E-state index contributed by atoms with van der Waals surface area (Å²) in [6, 6.07) is 8.33. The molecule has 0 unspecified atom stereocenters. The van der Waals surface area contributed by atoms with E-state index in [1.807, 2.05) is 6.07 Å². The Morgan fingerprint density at radius 3 is 3.15 bits per heavy atom. The Kier molecular flexibility index (Phi) is 3.73. The lowest BCUT2D eigenvalue weighted by Gasteiger charge is -2.17. The third kappa shape index (κ3) is 2.55. The lowest BCUT2D eigenvalue weighted by atomic mass is 10.2. The summed E-state index contributed by atoms with van der Waals surface area (Å²) in [5.41, 5.74) is 2.50. The quantitative estimate of drug-likeness (QED) is 0.834. The number of nitrogens with one attached hydrogen (secondary N) is 1. The Bertz CT molecular complexity index is 589. The fourth-order valence-electron chi connectivity index (χ4n) is 2.32. The highest BCUT2D eigenvalue weighted by atomic mass is 16.5. The highest BCUT2D eigenvalue weighted by molar-refractivity contribution is 5.65. The minimum atomic E-state index is 0.631. The van der Waals surface area contributed by atoms with Crippen molar-refractivity contribution in [3.05, 3.63) is 36.0 Å². The van der Waals surface area contributed by atoms with Gasteiger partial charge in [0.1, 0.15) is 0 Å². The molecule has 20 heavy (non-hydrogen) atoms. The molecule has 0 bridgehead atoms. The summed E-state index contributed by atoms with van der Waals surface area (Å²) in [6.45, 7) is 2.22. The second-order valence-electron chi connectivity index (χ2n) is 4.59. The number of ether oxygens (including phenoxy) is 1. The predicted molar refractivity (Wildman–Crippen MR) is 77.3 cm³/mol. The number of nitrogens with zero attached hydrogens (tertiary/aromatic N) is 4. The van der Waals surface area contributed by atoms with Gasteiger partial charge in [-0.3, -0.25) is 0 Å². The Labute approximate surface area is 117 Å². The van der Waals surface area contributed by atoms with Crippen LogP contribution in [0.3, 0.4) is 0 Å². The third-order valence-electron chi connectivity index (χ3n) is 3.29. The first kappa shape index (κ1) is 12.8. The molecule has 1 N–H and O–H groups in total. The van der Waals surface area contributed by atoms with Gasteiger partial charge in [-0.25, -0.2) is 0 Å². The molecule has 2 aromatic rings. The van der Waals surface area contributed by atoms with E-state index in [1.165, 1.54) is 11.3 Å². The molecule has 0 atom stereocenters. The molecule has 1 aromatic carbocycles. The first-order valence-corrected chi connectivity index (χ1v) is 6.66. The highest BCUT2D eigenvalue weighted by Crippen LogP contribution is 2.32. The number of hydrogen-bond acceptors (Lipinski definition) is 6. The molecule has 2 heterocycles. The van der Waals surface area contributed by atoms with Gasteiger partial charge in [-0.05, 0) is 18.1 Å². The van der Waals surface area contributed by atoms with Crippen LogP contribution in [0, 0.1) is 0 Å². The van der Waals surface area contributed by atoms with E-state index < -0.39 is 0 Å². The average Bonchev–Trinajstić information content (AvgIpc) is 2.92. The average molecular weight is 271 g/mol. The molecule has 1 aromatic heterocycles. The minimum Gasteiger partial charge on any atom is -0.383 e. The second-order valence-corrected chi connectivity index (χ2v) is 4.59. The standard InChI is InChI=1S/C14H17N5O/c1-20-9-7-15-13-10-16-18-14(17-13)19-8-6-11-4-2-3-5-12(11)19/h2-5,10H,6-9H2,1H3,(H,15,17,18). The largest absolute Gasteiger partial charge is 0.383 e. The molecule has 3 rings (SSSR count). The first-order valence-electron chi connectivity index (χ1n) is 6.66. The van der Waals surface area contributed by atoms with Gasteiger partial charge in [-0.2, -0.15) is 10.1 Å². The van der Waals surface area contributed by atoms with E-state index in [4.69, 9.17) is 4.74 Å². The van der Waals surface area contributed by atoms with Crippen LogP contribution >= 0.6 is 0 Å². The van der Waals surface area contributed by atoms with Crippen LogP contribution in [-0.2, 0) is 11.2 Å². The van der Waals surface area contributed by atoms with Gasteiger partial charge < -0.3 is 15.0 Å². The van der Waals surface area contributed by atoms with Crippen molar-refractivity contribution in [2.45, 2.75) is 6.42 Å². The SMILES string of the molecule is COCCNc1cnnc(N2CCc3ccccc32)n1. The zero-order chi connectivity index (χ0) is 13.8. The number of methoxy groups -OCH3 is 1. The normalized spacial score (nSPS) is 13.3. The van der Waals surface area contributed by atoms with Crippen molar-refractivity contribution in [2.24, 2.45) is 0 Å². The van der Waals surface area contributed by atoms with Crippen LogP contribution in [0.25, 0.3) is 0 Å². The summed E-state index contributed by atoms with van der Waals surface area (Å²) in [5, 5.41) is 11.3. The molecule has 1 aliphatic heterocycles. The maximum absolute atomic E-state index is 5.00. The van der Waals surface area contributed by atoms with Crippen molar-refractivity contribution in [2.75, 3.05) is 37.0 Å². The number of anilines is 3. The monoisotopic (exact) mass is 271 g/mol. The van der Waals surface area contributed by atoms with Crippen molar-refractivity contribution in [3.63, 3.8) is 0 Å². The van der Waals surface area contributed by atoms with E-state index in [0.29, 0.717) is 19.1 Å². The zero-order valence-electron chi connectivity index (χ0n) is 11.4. The van der Waals surface area contributed by atoms with Crippen LogP contribution in [0.1, 0.15) is 5.56 Å². The number of hydrogen-bond donors (Lipinski definition) is 1. The van der Waals surface area contributed by atoms with Gasteiger partial charge in [0.05, 0.1) is 12.8 Å². The van der Waals surface area contributed by atoms with Crippen molar-refractivity contribution in [3.8, 4) is 0 Å². The van der Waals surface area contributed by atoms with E-state index in [1.54, 1.807) is 13.3 Å². The van der Waals surface area contributed by atoms with Crippen molar-refractivity contribution < 1.29 is 4.74 Å². The summed E-state index contributed by atoms with van der Waals surface area (Å²) < 4.78 is 5.00. The maximum atomic E-state index is 5.00. The van der Waals surface area contributed by atoms with Crippen LogP contribution in [0.5, 0.6) is 0 Å². The molecule has 0 spiro atoms. The molecule has 1 aliphatic rings. The molecular weight excluding hydrogens is 254 g/mol. The minimum absolute atomic E-state index is 0.631. The Morgan fingerprint density at radius 2 is 2.25 bits per heavy atom. The number of aromatic nitrogens is 3. The van der Waals surface area contributed by atoms with Crippen molar-refractivity contribution in [1.29, 1.82) is 0 Å². The Morgan fingerprint density at radius 1 is 1.35 bits per heavy atom. The molecule has 0 saturated carbocycles. The summed E-state index contributed by atoms with van der Waals surface area (Å²) in [5.74, 6) is 1.36. The predicted octanol–water partition coefficient (Wildman–Crippen LogP) is 1.62. The van der Waals surface area contributed by atoms with Crippen molar-refractivity contribution in [1.82, 2.24) is 15.2 Å². The van der Waals surface area contributed by atoms with Crippen LogP contribution in [-0.4, -0.2) is 42.0 Å². The smallest absolute Gasteiger partial charge is 0.251 e. The zero-order valence-corrected chi connectivity index (χ0v) is 11.4. The lowest BCUT2D eigenvalue weighted by Crippen LogP contribution is -2.18. The van der Waals surface area contributed by atoms with Crippen LogP contribution in [0.4, 0.5) is 17.5 Å². The van der Waals surface area contributed by atoms with E-state index in [0.717, 1.165) is 18.8 Å². The summed E-state index contributed by atoms with van der Waals surface area (Å²) in [4.78, 5) is 6.61. The summed E-state index contributed by atoms with van der Waals surface area (Å²) in [7, 11) is 1.67. The van der Waals surface area contributed by atoms with Gasteiger partial charge in [-0.15, -0.1) is 5.10 Å². The number of rotatable bonds is 5. The van der Waals surface area contributed by atoms with Gasteiger partial charge >= 0.3 is 0 Å². The Balaban J connectivity index is 1.79. The molecule has 0 aliphatic carbocycles. The number of fused-ring (bicyclic) bond motifs is 1. The van der Waals surface area contributed by atoms with E-state index in [2.05, 4.69) is 43.6 Å². The molecule has 0 radical (unpaired) electrons. The Hall–Kier alpha value is -2.21. The fraction of sp³-hybridized carbons (Fsp3) is 0.357. The van der Waals surface area contributed by atoms with Crippen molar-refractivity contribution >= 4 is 17.5 Å². The van der Waals surface area contributed by atoms with Crippen LogP contribution < -0.4 is 10.2 Å². The summed E-state index contributed by atoms with van der Waals surface area (Å²) in [6.07, 6.45) is 2.64. The molecule has 0 fully saturated rings. The fourth-order valence-corrected chi connectivity index (χ4v) is 2.32. The second kappa shape index (κ2) is 5.83. The van der Waals surface area contributed by atoms with Gasteiger partial charge in [0.25, 0.3) is 5.95 Å². The van der Waals surface area contributed by atoms with Crippen LogP contribution in [0.2, 0.25) is 0 Å². The maximum Gasteiger partial charge on any atom is 0.251 e.